The summed E-state index contributed by atoms with van der Waals surface area (Å²) in [5.74, 6) is 0.630. The SMILES string of the molecule is O=C1CCSC(=O)N1CCCCBr. The molecular weight excluding hydrogens is 254 g/mol. The van der Waals surface area contributed by atoms with E-state index in [1.807, 2.05) is 0 Å². The van der Waals surface area contributed by atoms with Crippen LogP contribution in [0.4, 0.5) is 4.79 Å². The molecule has 0 aromatic heterocycles. The lowest BCUT2D eigenvalue weighted by Crippen LogP contribution is -2.38. The van der Waals surface area contributed by atoms with Gasteiger partial charge in [0, 0.05) is 24.0 Å². The number of unbranched alkanes of at least 4 members (excludes halogenated alkanes) is 1. The Morgan fingerprint density at radius 3 is 2.77 bits per heavy atom. The highest BCUT2D eigenvalue weighted by Gasteiger charge is 2.25. The lowest BCUT2D eigenvalue weighted by atomic mass is 10.3. The second-order valence-corrected chi connectivity index (χ2v) is 4.64. The predicted molar refractivity (Wildman–Crippen MR) is 57.2 cm³/mol. The summed E-state index contributed by atoms with van der Waals surface area (Å²) in [6.07, 6.45) is 2.40. The molecule has 0 bridgehead atoms. The first kappa shape index (κ1) is 11.0. The van der Waals surface area contributed by atoms with Gasteiger partial charge in [0.1, 0.15) is 0 Å². The van der Waals surface area contributed by atoms with Crippen molar-refractivity contribution in [3.05, 3.63) is 0 Å². The van der Waals surface area contributed by atoms with Gasteiger partial charge in [0.25, 0.3) is 5.24 Å². The minimum atomic E-state index is -0.0779. The topological polar surface area (TPSA) is 37.4 Å². The van der Waals surface area contributed by atoms with Crippen LogP contribution in [0.3, 0.4) is 0 Å². The lowest BCUT2D eigenvalue weighted by molar-refractivity contribution is -0.127. The Bertz CT molecular complexity index is 194. The molecule has 0 spiro atoms. The third-order valence-corrected chi connectivity index (χ3v) is 3.26. The summed E-state index contributed by atoms with van der Waals surface area (Å²) in [6.45, 7) is 0.580. The normalized spacial score (nSPS) is 18.1. The molecule has 1 heterocycles. The Morgan fingerprint density at radius 1 is 1.38 bits per heavy atom. The first-order valence-corrected chi connectivity index (χ1v) is 6.39. The molecule has 0 aromatic carbocycles. The van der Waals surface area contributed by atoms with Gasteiger partial charge in [-0.15, -0.1) is 0 Å². The minimum Gasteiger partial charge on any atom is -0.274 e. The van der Waals surface area contributed by atoms with Crippen LogP contribution in [0.15, 0.2) is 0 Å². The van der Waals surface area contributed by atoms with Crippen molar-refractivity contribution in [2.75, 3.05) is 17.6 Å². The van der Waals surface area contributed by atoms with E-state index < -0.39 is 0 Å². The lowest BCUT2D eigenvalue weighted by Gasteiger charge is -2.23. The molecule has 0 atom stereocenters. The minimum absolute atomic E-state index is 0.0154. The molecule has 1 aliphatic heterocycles. The zero-order valence-corrected chi connectivity index (χ0v) is 9.70. The summed E-state index contributed by atoms with van der Waals surface area (Å²) >= 11 is 4.55. The Balaban J connectivity index is 2.35. The van der Waals surface area contributed by atoms with E-state index in [4.69, 9.17) is 0 Å². The summed E-state index contributed by atoms with van der Waals surface area (Å²) in [6, 6.07) is 0. The molecule has 1 rings (SSSR count). The maximum Gasteiger partial charge on any atom is 0.288 e. The summed E-state index contributed by atoms with van der Waals surface area (Å²) in [4.78, 5) is 23.9. The van der Waals surface area contributed by atoms with E-state index in [-0.39, 0.29) is 11.1 Å². The third kappa shape index (κ3) is 3.31. The van der Waals surface area contributed by atoms with E-state index in [9.17, 15) is 9.59 Å². The van der Waals surface area contributed by atoms with Crippen LogP contribution in [0.5, 0.6) is 0 Å². The van der Waals surface area contributed by atoms with Crippen molar-refractivity contribution in [2.24, 2.45) is 0 Å². The number of rotatable bonds is 4. The Hall–Kier alpha value is -0.0300. The molecule has 0 radical (unpaired) electrons. The third-order valence-electron chi connectivity index (χ3n) is 1.83. The number of imide groups is 1. The fourth-order valence-corrected chi connectivity index (χ4v) is 2.32. The summed E-state index contributed by atoms with van der Waals surface area (Å²) in [5, 5.41) is 0.849. The number of carbonyl (C=O) groups is 2. The maximum absolute atomic E-state index is 11.3. The predicted octanol–water partition coefficient (Wildman–Crippen LogP) is 2.25. The van der Waals surface area contributed by atoms with Gasteiger partial charge in [-0.25, -0.2) is 0 Å². The molecule has 3 nitrogen and oxygen atoms in total. The van der Waals surface area contributed by atoms with Gasteiger partial charge >= 0.3 is 0 Å². The van der Waals surface area contributed by atoms with Crippen molar-refractivity contribution in [3.63, 3.8) is 0 Å². The number of alkyl halides is 1. The molecule has 0 N–H and O–H groups in total. The fourth-order valence-electron chi connectivity index (χ4n) is 1.12. The number of hydrogen-bond donors (Lipinski definition) is 0. The average Bonchev–Trinajstić information content (AvgIpc) is 2.10. The quantitative estimate of drug-likeness (QED) is 0.578. The Morgan fingerprint density at radius 2 is 2.15 bits per heavy atom. The average molecular weight is 266 g/mol. The highest BCUT2D eigenvalue weighted by Crippen LogP contribution is 2.18. The van der Waals surface area contributed by atoms with Gasteiger partial charge in [0.15, 0.2) is 0 Å². The molecule has 0 aliphatic carbocycles. The van der Waals surface area contributed by atoms with Gasteiger partial charge in [-0.1, -0.05) is 27.7 Å². The van der Waals surface area contributed by atoms with Crippen LogP contribution in [0, 0.1) is 0 Å². The highest BCUT2D eigenvalue weighted by molar-refractivity contribution is 9.09. The number of nitrogens with zero attached hydrogens (tertiary/aromatic N) is 1. The zero-order valence-electron chi connectivity index (χ0n) is 7.29. The van der Waals surface area contributed by atoms with E-state index in [1.54, 1.807) is 0 Å². The van der Waals surface area contributed by atoms with Crippen LogP contribution in [0.25, 0.3) is 0 Å². The van der Waals surface area contributed by atoms with Crippen LogP contribution in [0.2, 0.25) is 0 Å². The van der Waals surface area contributed by atoms with E-state index in [2.05, 4.69) is 15.9 Å². The van der Waals surface area contributed by atoms with Crippen molar-refractivity contribution >= 4 is 38.8 Å². The van der Waals surface area contributed by atoms with Crippen molar-refractivity contribution in [2.45, 2.75) is 19.3 Å². The molecule has 0 aromatic rings. The maximum atomic E-state index is 11.3. The standard InChI is InChI=1S/C8H12BrNO2S/c9-4-1-2-5-10-7(11)3-6-13-8(10)12/h1-6H2. The van der Waals surface area contributed by atoms with Crippen molar-refractivity contribution in [3.8, 4) is 0 Å². The first-order valence-electron chi connectivity index (χ1n) is 4.29. The van der Waals surface area contributed by atoms with Crippen LogP contribution < -0.4 is 0 Å². The molecule has 1 saturated heterocycles. The van der Waals surface area contributed by atoms with E-state index in [1.165, 1.54) is 16.7 Å². The molecule has 0 saturated carbocycles. The molecule has 2 amide bonds. The van der Waals surface area contributed by atoms with Crippen molar-refractivity contribution < 1.29 is 9.59 Å². The molecule has 1 aliphatic rings. The summed E-state index contributed by atoms with van der Waals surface area (Å²) < 4.78 is 0. The molecule has 13 heavy (non-hydrogen) atoms. The molecule has 0 unspecified atom stereocenters. The number of thioether (sulfide) groups is 1. The van der Waals surface area contributed by atoms with Gasteiger partial charge in [0.2, 0.25) is 5.91 Å². The Labute approximate surface area is 90.4 Å². The summed E-state index contributed by atoms with van der Waals surface area (Å²) in [5.41, 5.74) is 0. The number of amides is 2. The first-order chi connectivity index (χ1) is 6.25. The van der Waals surface area contributed by atoms with E-state index >= 15 is 0 Å². The molecular formula is C8H12BrNO2S. The molecule has 74 valence electrons. The molecule has 1 fully saturated rings. The van der Waals surface area contributed by atoms with Crippen molar-refractivity contribution in [1.29, 1.82) is 0 Å². The fraction of sp³-hybridized carbons (Fsp3) is 0.750. The van der Waals surface area contributed by atoms with Crippen molar-refractivity contribution in [1.82, 2.24) is 4.90 Å². The zero-order chi connectivity index (χ0) is 9.68. The van der Waals surface area contributed by atoms with Gasteiger partial charge in [-0.05, 0) is 12.8 Å². The largest absolute Gasteiger partial charge is 0.288 e. The molecule has 5 heteroatoms. The number of halogens is 1. The van der Waals surface area contributed by atoms with Crippen LogP contribution in [-0.4, -0.2) is 33.7 Å². The van der Waals surface area contributed by atoms with Crippen LogP contribution >= 0.6 is 27.7 Å². The second kappa shape index (κ2) is 5.65. The van der Waals surface area contributed by atoms with Crippen LogP contribution in [-0.2, 0) is 4.79 Å². The Kier molecular flexibility index (Phi) is 4.80. The van der Waals surface area contributed by atoms with E-state index in [0.29, 0.717) is 18.7 Å². The summed E-state index contributed by atoms with van der Waals surface area (Å²) in [7, 11) is 0. The smallest absolute Gasteiger partial charge is 0.274 e. The number of hydrogen-bond acceptors (Lipinski definition) is 3. The van der Waals surface area contributed by atoms with Gasteiger partial charge in [0.05, 0.1) is 0 Å². The second-order valence-electron chi connectivity index (χ2n) is 2.81. The highest BCUT2D eigenvalue weighted by atomic mass is 79.9. The van der Waals surface area contributed by atoms with Gasteiger partial charge in [-0.2, -0.15) is 0 Å². The monoisotopic (exact) mass is 265 g/mol. The van der Waals surface area contributed by atoms with Crippen LogP contribution in [0.1, 0.15) is 19.3 Å². The van der Waals surface area contributed by atoms with E-state index in [0.717, 1.165) is 18.2 Å². The van der Waals surface area contributed by atoms with Gasteiger partial charge in [-0.3, -0.25) is 14.5 Å². The van der Waals surface area contributed by atoms with Gasteiger partial charge < -0.3 is 0 Å². The number of carbonyl (C=O) groups excluding carboxylic acids is 2.